The maximum atomic E-state index is 12.5. The number of benzene rings is 2. The predicted octanol–water partition coefficient (Wildman–Crippen LogP) is 3.58. The summed E-state index contributed by atoms with van der Waals surface area (Å²) in [6.07, 6.45) is 2.33. The van der Waals surface area contributed by atoms with Gasteiger partial charge in [-0.3, -0.25) is 4.79 Å². The van der Waals surface area contributed by atoms with Gasteiger partial charge in [-0.15, -0.1) is 0 Å². The summed E-state index contributed by atoms with van der Waals surface area (Å²) < 4.78 is 5.93. The first kappa shape index (κ1) is 15.8. The third kappa shape index (κ3) is 3.42. The van der Waals surface area contributed by atoms with Crippen LogP contribution < -0.4 is 4.74 Å². The second kappa shape index (κ2) is 6.69. The van der Waals surface area contributed by atoms with Crippen molar-refractivity contribution < 1.29 is 9.53 Å². The molecule has 1 aromatic heterocycles. The number of carbonyl (C=O) groups excluding carboxylic acids is 1. The number of aromatic nitrogens is 2. The second-order valence-electron chi connectivity index (χ2n) is 5.98. The van der Waals surface area contributed by atoms with Crippen LogP contribution in [0.4, 0.5) is 0 Å². The van der Waals surface area contributed by atoms with Gasteiger partial charge in [-0.1, -0.05) is 23.7 Å². The molecule has 25 heavy (non-hydrogen) atoms. The highest BCUT2D eigenvalue weighted by Gasteiger charge is 2.28. The van der Waals surface area contributed by atoms with E-state index in [-0.39, 0.29) is 12.0 Å². The van der Waals surface area contributed by atoms with Crippen LogP contribution in [0.3, 0.4) is 0 Å². The Hall–Kier alpha value is -2.66. The standard InChI is InChI=1S/C19H16ClN3O2/c20-14-7-5-13(6-8-14)19(24)23-10-9-15(12-23)25-18-11-21-16-3-1-2-4-17(16)22-18/h1-8,11,15H,9-10,12H2. The molecule has 2 heterocycles. The van der Waals surface area contributed by atoms with Crippen LogP contribution in [0.2, 0.25) is 5.02 Å². The third-order valence-corrected chi connectivity index (χ3v) is 4.49. The summed E-state index contributed by atoms with van der Waals surface area (Å²) in [7, 11) is 0. The van der Waals surface area contributed by atoms with Crippen molar-refractivity contribution in [1.82, 2.24) is 14.9 Å². The molecule has 0 radical (unpaired) electrons. The number of hydrogen-bond acceptors (Lipinski definition) is 4. The zero-order valence-electron chi connectivity index (χ0n) is 13.4. The van der Waals surface area contributed by atoms with Gasteiger partial charge < -0.3 is 9.64 Å². The summed E-state index contributed by atoms with van der Waals surface area (Å²) in [5, 5.41) is 0.620. The fourth-order valence-electron chi connectivity index (χ4n) is 2.95. The summed E-state index contributed by atoms with van der Waals surface area (Å²) in [6.45, 7) is 1.20. The van der Waals surface area contributed by atoms with Crippen LogP contribution in [0.15, 0.2) is 54.7 Å². The van der Waals surface area contributed by atoms with E-state index in [0.29, 0.717) is 29.6 Å². The molecule has 0 N–H and O–H groups in total. The van der Waals surface area contributed by atoms with E-state index in [1.807, 2.05) is 24.3 Å². The minimum absolute atomic E-state index is 0.00707. The van der Waals surface area contributed by atoms with Gasteiger partial charge in [0.15, 0.2) is 0 Å². The van der Waals surface area contributed by atoms with Crippen molar-refractivity contribution >= 4 is 28.5 Å². The highest BCUT2D eigenvalue weighted by Crippen LogP contribution is 2.20. The van der Waals surface area contributed by atoms with Crippen LogP contribution in [-0.2, 0) is 0 Å². The first-order valence-corrected chi connectivity index (χ1v) is 8.50. The molecule has 1 aliphatic heterocycles. The Labute approximate surface area is 150 Å². The first-order chi connectivity index (χ1) is 12.2. The molecule has 0 saturated carbocycles. The minimum Gasteiger partial charge on any atom is -0.471 e. The normalized spacial score (nSPS) is 17.0. The molecule has 1 saturated heterocycles. The molecule has 1 fully saturated rings. The largest absolute Gasteiger partial charge is 0.471 e. The zero-order chi connectivity index (χ0) is 17.2. The number of nitrogens with zero attached hydrogens (tertiary/aromatic N) is 3. The SMILES string of the molecule is O=C(c1ccc(Cl)cc1)N1CCC(Oc2cnc3ccccc3n2)C1. The van der Waals surface area contributed by atoms with Crippen LogP contribution in [0.1, 0.15) is 16.8 Å². The number of rotatable bonds is 3. The quantitative estimate of drug-likeness (QED) is 0.722. The Balaban J connectivity index is 1.43. The molecule has 0 spiro atoms. The molecule has 3 aromatic rings. The van der Waals surface area contributed by atoms with E-state index in [1.165, 1.54) is 0 Å². The average Bonchev–Trinajstić information content (AvgIpc) is 3.10. The van der Waals surface area contributed by atoms with Crippen molar-refractivity contribution in [3.05, 3.63) is 65.3 Å². The van der Waals surface area contributed by atoms with Crippen molar-refractivity contribution in [2.24, 2.45) is 0 Å². The Bertz CT molecular complexity index is 914. The number of hydrogen-bond donors (Lipinski definition) is 0. The molecule has 4 rings (SSSR count). The van der Waals surface area contributed by atoms with Crippen LogP contribution in [-0.4, -0.2) is 40.0 Å². The van der Waals surface area contributed by atoms with Gasteiger partial charge in [-0.2, -0.15) is 0 Å². The monoisotopic (exact) mass is 353 g/mol. The highest BCUT2D eigenvalue weighted by molar-refractivity contribution is 6.30. The number of halogens is 1. The summed E-state index contributed by atoms with van der Waals surface area (Å²) >= 11 is 5.87. The molecule has 1 unspecified atom stereocenters. The summed E-state index contributed by atoms with van der Waals surface area (Å²) in [4.78, 5) is 23.2. The van der Waals surface area contributed by atoms with Crippen LogP contribution in [0.25, 0.3) is 11.0 Å². The van der Waals surface area contributed by atoms with Gasteiger partial charge in [-0.05, 0) is 36.4 Å². The van der Waals surface area contributed by atoms with E-state index in [0.717, 1.165) is 17.5 Å². The predicted molar refractivity (Wildman–Crippen MR) is 95.9 cm³/mol. The zero-order valence-corrected chi connectivity index (χ0v) is 14.2. The van der Waals surface area contributed by atoms with E-state index >= 15 is 0 Å². The van der Waals surface area contributed by atoms with Crippen molar-refractivity contribution in [3.8, 4) is 5.88 Å². The summed E-state index contributed by atoms with van der Waals surface area (Å²) in [6, 6.07) is 14.6. The molecule has 1 amide bonds. The lowest BCUT2D eigenvalue weighted by atomic mass is 10.2. The fourth-order valence-corrected chi connectivity index (χ4v) is 3.08. The molecular weight excluding hydrogens is 338 g/mol. The minimum atomic E-state index is -0.0771. The van der Waals surface area contributed by atoms with Gasteiger partial charge in [0.25, 0.3) is 5.91 Å². The van der Waals surface area contributed by atoms with Crippen molar-refractivity contribution in [2.45, 2.75) is 12.5 Å². The van der Waals surface area contributed by atoms with E-state index < -0.39 is 0 Å². The Morgan fingerprint density at radius 2 is 1.88 bits per heavy atom. The summed E-state index contributed by atoms with van der Waals surface area (Å²) in [5.74, 6) is 0.483. The maximum Gasteiger partial charge on any atom is 0.253 e. The number of amides is 1. The lowest BCUT2D eigenvalue weighted by molar-refractivity contribution is 0.0771. The average molecular weight is 354 g/mol. The number of carbonyl (C=O) groups is 1. The molecule has 6 heteroatoms. The van der Waals surface area contributed by atoms with Gasteiger partial charge in [0.2, 0.25) is 5.88 Å². The topological polar surface area (TPSA) is 55.3 Å². The fraction of sp³-hybridized carbons (Fsp3) is 0.211. The van der Waals surface area contributed by atoms with Crippen molar-refractivity contribution in [3.63, 3.8) is 0 Å². The van der Waals surface area contributed by atoms with Gasteiger partial charge in [-0.25, -0.2) is 9.97 Å². The molecule has 0 aliphatic carbocycles. The molecule has 126 valence electrons. The van der Waals surface area contributed by atoms with E-state index in [4.69, 9.17) is 16.3 Å². The van der Waals surface area contributed by atoms with Crippen molar-refractivity contribution in [2.75, 3.05) is 13.1 Å². The van der Waals surface area contributed by atoms with Crippen LogP contribution >= 0.6 is 11.6 Å². The van der Waals surface area contributed by atoms with Gasteiger partial charge in [0.1, 0.15) is 6.10 Å². The first-order valence-electron chi connectivity index (χ1n) is 8.12. The van der Waals surface area contributed by atoms with Gasteiger partial charge in [0, 0.05) is 23.6 Å². The lowest BCUT2D eigenvalue weighted by Gasteiger charge is -2.17. The molecule has 5 nitrogen and oxygen atoms in total. The number of fused-ring (bicyclic) bond motifs is 1. The van der Waals surface area contributed by atoms with E-state index in [2.05, 4.69) is 9.97 Å². The van der Waals surface area contributed by atoms with E-state index in [9.17, 15) is 4.79 Å². The molecule has 0 bridgehead atoms. The summed E-state index contributed by atoms with van der Waals surface area (Å²) in [5.41, 5.74) is 2.27. The smallest absolute Gasteiger partial charge is 0.253 e. The van der Waals surface area contributed by atoms with E-state index in [1.54, 1.807) is 35.4 Å². The lowest BCUT2D eigenvalue weighted by Crippen LogP contribution is -2.31. The Kier molecular flexibility index (Phi) is 4.24. The number of para-hydroxylation sites is 2. The highest BCUT2D eigenvalue weighted by atomic mass is 35.5. The van der Waals surface area contributed by atoms with Crippen LogP contribution in [0, 0.1) is 0 Å². The third-order valence-electron chi connectivity index (χ3n) is 4.24. The number of likely N-dealkylation sites (tertiary alicyclic amines) is 1. The van der Waals surface area contributed by atoms with Gasteiger partial charge >= 0.3 is 0 Å². The van der Waals surface area contributed by atoms with Crippen molar-refractivity contribution in [1.29, 1.82) is 0 Å². The Morgan fingerprint density at radius 3 is 2.68 bits per heavy atom. The molecule has 2 aromatic carbocycles. The number of ether oxygens (including phenoxy) is 1. The van der Waals surface area contributed by atoms with Crippen LogP contribution in [0.5, 0.6) is 5.88 Å². The molecular formula is C19H16ClN3O2. The Morgan fingerprint density at radius 1 is 1.12 bits per heavy atom. The molecule has 1 atom stereocenters. The second-order valence-corrected chi connectivity index (χ2v) is 6.42. The molecule has 1 aliphatic rings. The van der Waals surface area contributed by atoms with Gasteiger partial charge in [0.05, 0.1) is 23.8 Å². The maximum absolute atomic E-state index is 12.5.